The summed E-state index contributed by atoms with van der Waals surface area (Å²) < 4.78 is 29.9. The fourth-order valence-electron chi connectivity index (χ4n) is 3.46. The second-order valence-corrected chi connectivity index (χ2v) is 11.6. The molecule has 1 fully saturated rings. The van der Waals surface area contributed by atoms with Gasteiger partial charge in [-0.1, -0.05) is 19.8 Å². The van der Waals surface area contributed by atoms with E-state index in [1.165, 1.54) is 0 Å². The number of likely N-dealkylation sites (tertiary alicyclic amines) is 1. The lowest BCUT2D eigenvalue weighted by Gasteiger charge is -2.37. The number of hydrogen-bond acceptors (Lipinski definition) is 5. The van der Waals surface area contributed by atoms with E-state index in [0.717, 1.165) is 25.7 Å². The van der Waals surface area contributed by atoms with E-state index < -0.39 is 21.2 Å². The minimum absolute atomic E-state index is 0.0186. The standard InChI is InChI=1S/C21H40N2O5S/c1-7-8-9-13-29(26,27)16-19(24)22-12-10-11-18(14-22)15-23(17(2)3)20(25)28-21(4,5)6/h17-18H,7-16H2,1-6H3. The van der Waals surface area contributed by atoms with Crippen molar-refractivity contribution in [2.75, 3.05) is 31.1 Å². The zero-order valence-electron chi connectivity index (χ0n) is 19.1. The molecular formula is C21H40N2O5S. The summed E-state index contributed by atoms with van der Waals surface area (Å²) in [6, 6.07) is -0.0186. The summed E-state index contributed by atoms with van der Waals surface area (Å²) in [4.78, 5) is 28.5. The first-order valence-electron chi connectivity index (χ1n) is 10.8. The smallest absolute Gasteiger partial charge is 0.410 e. The Hall–Kier alpha value is -1.31. The van der Waals surface area contributed by atoms with Crippen molar-refractivity contribution in [2.24, 2.45) is 5.92 Å². The zero-order chi connectivity index (χ0) is 22.2. The third-order valence-electron chi connectivity index (χ3n) is 4.98. The molecular weight excluding hydrogens is 392 g/mol. The van der Waals surface area contributed by atoms with Crippen LogP contribution < -0.4 is 0 Å². The van der Waals surface area contributed by atoms with Crippen molar-refractivity contribution in [1.82, 2.24) is 9.80 Å². The molecule has 1 atom stereocenters. The van der Waals surface area contributed by atoms with Crippen LogP contribution in [0.5, 0.6) is 0 Å². The van der Waals surface area contributed by atoms with Gasteiger partial charge in [-0.25, -0.2) is 13.2 Å². The molecule has 8 heteroatoms. The Morgan fingerprint density at radius 3 is 2.41 bits per heavy atom. The largest absolute Gasteiger partial charge is 0.444 e. The van der Waals surface area contributed by atoms with Crippen molar-refractivity contribution < 1.29 is 22.7 Å². The van der Waals surface area contributed by atoms with Crippen LogP contribution in [-0.2, 0) is 19.4 Å². The second kappa shape index (κ2) is 11.2. The number of sulfone groups is 1. The molecule has 29 heavy (non-hydrogen) atoms. The lowest BCUT2D eigenvalue weighted by molar-refractivity contribution is -0.130. The average Bonchev–Trinajstić information content (AvgIpc) is 2.57. The molecule has 0 aromatic heterocycles. The van der Waals surface area contributed by atoms with Crippen molar-refractivity contribution in [3.05, 3.63) is 0 Å². The molecule has 1 saturated heterocycles. The summed E-state index contributed by atoms with van der Waals surface area (Å²) in [5.41, 5.74) is -0.565. The van der Waals surface area contributed by atoms with Crippen LogP contribution in [0.25, 0.3) is 0 Å². The minimum atomic E-state index is -3.37. The Kier molecular flexibility index (Phi) is 9.92. The number of ether oxygens (including phenoxy) is 1. The summed E-state index contributed by atoms with van der Waals surface area (Å²) in [5, 5.41) is 0. The summed E-state index contributed by atoms with van der Waals surface area (Å²) in [7, 11) is -3.37. The fourth-order valence-corrected chi connectivity index (χ4v) is 4.81. The zero-order valence-corrected chi connectivity index (χ0v) is 19.9. The van der Waals surface area contributed by atoms with Gasteiger partial charge in [0.15, 0.2) is 9.84 Å². The fraction of sp³-hybridized carbons (Fsp3) is 0.905. The number of rotatable bonds is 9. The molecule has 2 amide bonds. The monoisotopic (exact) mass is 432 g/mol. The molecule has 0 spiro atoms. The Bertz CT molecular complexity index is 640. The van der Waals surface area contributed by atoms with Gasteiger partial charge in [0.05, 0.1) is 5.75 Å². The number of hydrogen-bond donors (Lipinski definition) is 0. The van der Waals surface area contributed by atoms with Crippen molar-refractivity contribution in [3.8, 4) is 0 Å². The van der Waals surface area contributed by atoms with Crippen molar-refractivity contribution in [2.45, 2.75) is 85.3 Å². The van der Waals surface area contributed by atoms with Gasteiger partial charge in [0, 0.05) is 25.7 Å². The molecule has 0 radical (unpaired) electrons. The van der Waals surface area contributed by atoms with Gasteiger partial charge in [0.2, 0.25) is 5.91 Å². The number of carbonyl (C=O) groups is 2. The van der Waals surface area contributed by atoms with Crippen LogP contribution in [0.15, 0.2) is 0 Å². The van der Waals surface area contributed by atoms with Crippen molar-refractivity contribution in [1.29, 1.82) is 0 Å². The molecule has 0 N–H and O–H groups in total. The summed E-state index contributed by atoms with van der Waals surface area (Å²) >= 11 is 0. The van der Waals surface area contributed by atoms with E-state index in [4.69, 9.17) is 4.74 Å². The Labute approximate surface area is 177 Å². The van der Waals surface area contributed by atoms with Crippen LogP contribution in [0.4, 0.5) is 4.79 Å². The maximum absolute atomic E-state index is 12.6. The first-order valence-corrected chi connectivity index (χ1v) is 12.6. The molecule has 1 aliphatic rings. The molecule has 1 unspecified atom stereocenters. The van der Waals surface area contributed by atoms with E-state index in [0.29, 0.717) is 26.1 Å². The number of piperidine rings is 1. The van der Waals surface area contributed by atoms with Gasteiger partial charge in [0.25, 0.3) is 0 Å². The minimum Gasteiger partial charge on any atom is -0.444 e. The van der Waals surface area contributed by atoms with Crippen LogP contribution in [0.3, 0.4) is 0 Å². The molecule has 0 aliphatic carbocycles. The van der Waals surface area contributed by atoms with Gasteiger partial charge in [-0.05, 0) is 59.8 Å². The van der Waals surface area contributed by atoms with E-state index in [1.807, 2.05) is 41.5 Å². The molecule has 0 saturated carbocycles. The second-order valence-electron chi connectivity index (χ2n) is 9.37. The van der Waals surface area contributed by atoms with E-state index in [2.05, 4.69) is 0 Å². The quantitative estimate of drug-likeness (QED) is 0.521. The Morgan fingerprint density at radius 1 is 1.21 bits per heavy atom. The Morgan fingerprint density at radius 2 is 1.86 bits per heavy atom. The highest BCUT2D eigenvalue weighted by Gasteiger charge is 2.31. The lowest BCUT2D eigenvalue weighted by Crippen LogP contribution is -2.49. The van der Waals surface area contributed by atoms with Gasteiger partial charge < -0.3 is 14.5 Å². The summed E-state index contributed by atoms with van der Waals surface area (Å²) in [6.07, 6.45) is 3.77. The van der Waals surface area contributed by atoms with Gasteiger partial charge in [-0.3, -0.25) is 4.79 Å². The first kappa shape index (κ1) is 25.7. The maximum Gasteiger partial charge on any atom is 0.410 e. The molecule has 1 rings (SSSR count). The lowest BCUT2D eigenvalue weighted by atomic mass is 9.97. The number of unbranched alkanes of at least 4 members (excludes halogenated alkanes) is 2. The summed E-state index contributed by atoms with van der Waals surface area (Å²) in [5.74, 6) is -0.544. The van der Waals surface area contributed by atoms with Gasteiger partial charge in [-0.2, -0.15) is 0 Å². The number of amides is 2. The van der Waals surface area contributed by atoms with Crippen LogP contribution in [0.1, 0.15) is 73.6 Å². The molecule has 1 aliphatic heterocycles. The molecule has 0 bridgehead atoms. The van der Waals surface area contributed by atoms with Gasteiger partial charge in [0.1, 0.15) is 11.4 Å². The molecule has 1 heterocycles. The normalized spacial score (nSPS) is 18.0. The van der Waals surface area contributed by atoms with Gasteiger partial charge in [-0.15, -0.1) is 0 Å². The topological polar surface area (TPSA) is 84.0 Å². The maximum atomic E-state index is 12.6. The SMILES string of the molecule is CCCCCS(=O)(=O)CC(=O)N1CCCC(CN(C(=O)OC(C)(C)C)C(C)C)C1. The van der Waals surface area contributed by atoms with Crippen LogP contribution in [0.2, 0.25) is 0 Å². The number of nitrogens with zero attached hydrogens (tertiary/aromatic N) is 2. The van der Waals surface area contributed by atoms with Crippen molar-refractivity contribution in [3.63, 3.8) is 0 Å². The molecule has 0 aromatic rings. The molecule has 170 valence electrons. The van der Waals surface area contributed by atoms with E-state index in [9.17, 15) is 18.0 Å². The van der Waals surface area contributed by atoms with E-state index in [1.54, 1.807) is 9.80 Å². The highest BCUT2D eigenvalue weighted by Crippen LogP contribution is 2.21. The highest BCUT2D eigenvalue weighted by molar-refractivity contribution is 7.92. The van der Waals surface area contributed by atoms with Gasteiger partial charge >= 0.3 is 6.09 Å². The molecule has 7 nitrogen and oxygen atoms in total. The third-order valence-corrected chi connectivity index (χ3v) is 6.58. The predicted octanol–water partition coefficient (Wildman–Crippen LogP) is 3.48. The van der Waals surface area contributed by atoms with Crippen molar-refractivity contribution >= 4 is 21.8 Å². The van der Waals surface area contributed by atoms with Crippen LogP contribution >= 0.6 is 0 Å². The predicted molar refractivity (Wildman–Crippen MR) is 116 cm³/mol. The average molecular weight is 433 g/mol. The summed E-state index contributed by atoms with van der Waals surface area (Å²) in [6.45, 7) is 13.0. The van der Waals surface area contributed by atoms with Crippen LogP contribution in [0, 0.1) is 5.92 Å². The first-order chi connectivity index (χ1) is 13.3. The number of carbonyl (C=O) groups excluding carboxylic acids is 2. The Balaban J connectivity index is 2.68. The van der Waals surface area contributed by atoms with Crippen LogP contribution in [-0.4, -0.2) is 73.0 Å². The van der Waals surface area contributed by atoms with E-state index >= 15 is 0 Å². The molecule has 0 aromatic carbocycles. The van der Waals surface area contributed by atoms with E-state index in [-0.39, 0.29) is 29.7 Å². The highest BCUT2D eigenvalue weighted by atomic mass is 32.2. The third kappa shape index (κ3) is 9.83.